The topological polar surface area (TPSA) is 49.9 Å². The van der Waals surface area contributed by atoms with Gasteiger partial charge in [-0.1, -0.05) is 29.8 Å². The van der Waals surface area contributed by atoms with Crippen LogP contribution in [0.4, 0.5) is 0 Å². The number of amides is 2. The second kappa shape index (κ2) is 6.08. The van der Waals surface area contributed by atoms with Gasteiger partial charge in [0, 0.05) is 20.1 Å². The van der Waals surface area contributed by atoms with E-state index in [1.165, 1.54) is 0 Å². The predicted octanol–water partition coefficient (Wildman–Crippen LogP) is 1.52. The van der Waals surface area contributed by atoms with E-state index in [1.807, 2.05) is 36.1 Å². The van der Waals surface area contributed by atoms with Gasteiger partial charge in [0.1, 0.15) is 6.61 Å². The van der Waals surface area contributed by atoms with Gasteiger partial charge in [-0.2, -0.15) is 0 Å². The Morgan fingerprint density at radius 3 is 2.45 bits per heavy atom. The minimum absolute atomic E-state index is 0.00225. The summed E-state index contributed by atoms with van der Waals surface area (Å²) < 4.78 is 5.65. The van der Waals surface area contributed by atoms with Gasteiger partial charge in [-0.05, 0) is 25.3 Å². The Kier molecular flexibility index (Phi) is 4.16. The first-order valence-electron chi connectivity index (χ1n) is 7.80. The Morgan fingerprint density at radius 1 is 1.18 bits per heavy atom. The summed E-state index contributed by atoms with van der Waals surface area (Å²) in [7, 11) is 1.75. The molecular weight excluding hydrogens is 280 g/mol. The number of benzene rings is 1. The summed E-state index contributed by atoms with van der Waals surface area (Å²) >= 11 is 0. The number of likely N-dealkylation sites (tertiary alicyclic amines) is 1. The molecule has 2 aliphatic heterocycles. The van der Waals surface area contributed by atoms with Crippen LogP contribution in [-0.2, 0) is 14.3 Å². The van der Waals surface area contributed by atoms with Gasteiger partial charge in [-0.15, -0.1) is 0 Å². The van der Waals surface area contributed by atoms with Gasteiger partial charge in [0.25, 0.3) is 5.91 Å². The number of likely N-dealkylation sites (N-methyl/N-ethyl adjacent to an activating group) is 1. The molecule has 2 heterocycles. The van der Waals surface area contributed by atoms with Gasteiger partial charge < -0.3 is 14.5 Å². The zero-order valence-corrected chi connectivity index (χ0v) is 13.1. The van der Waals surface area contributed by atoms with E-state index in [0.717, 1.165) is 37.1 Å². The van der Waals surface area contributed by atoms with Crippen molar-refractivity contribution in [1.29, 1.82) is 0 Å². The summed E-state index contributed by atoms with van der Waals surface area (Å²) in [5.74, 6) is -0.0847. The molecule has 22 heavy (non-hydrogen) atoms. The fourth-order valence-electron chi connectivity index (χ4n) is 3.20. The lowest BCUT2D eigenvalue weighted by Gasteiger charge is -2.39. The van der Waals surface area contributed by atoms with Crippen molar-refractivity contribution in [3.8, 4) is 0 Å². The maximum atomic E-state index is 12.8. The molecule has 2 saturated heterocycles. The van der Waals surface area contributed by atoms with Crippen LogP contribution < -0.4 is 0 Å². The highest BCUT2D eigenvalue weighted by Gasteiger charge is 2.42. The number of morpholine rings is 1. The minimum Gasteiger partial charge on any atom is -0.356 e. The molecule has 0 aromatic heterocycles. The van der Waals surface area contributed by atoms with Crippen molar-refractivity contribution in [2.45, 2.75) is 31.9 Å². The van der Waals surface area contributed by atoms with Crippen LogP contribution in [0.1, 0.15) is 30.0 Å². The van der Waals surface area contributed by atoms with Gasteiger partial charge in [0.15, 0.2) is 6.10 Å². The van der Waals surface area contributed by atoms with E-state index >= 15 is 0 Å². The average Bonchev–Trinajstić information content (AvgIpc) is 3.05. The normalized spacial score (nSPS) is 25.6. The molecule has 0 unspecified atom stereocenters. The number of rotatable bonds is 2. The molecule has 5 heteroatoms. The molecule has 2 atom stereocenters. The summed E-state index contributed by atoms with van der Waals surface area (Å²) in [5.41, 5.74) is 2.09. The average molecular weight is 302 g/mol. The monoisotopic (exact) mass is 302 g/mol. The molecule has 118 valence electrons. The van der Waals surface area contributed by atoms with Crippen molar-refractivity contribution < 1.29 is 14.3 Å². The van der Waals surface area contributed by atoms with Crippen LogP contribution in [0.25, 0.3) is 0 Å². The van der Waals surface area contributed by atoms with Gasteiger partial charge >= 0.3 is 0 Å². The Bertz CT molecular complexity index is 564. The predicted molar refractivity (Wildman–Crippen MR) is 82.2 cm³/mol. The summed E-state index contributed by atoms with van der Waals surface area (Å²) in [6.45, 7) is 3.57. The van der Waals surface area contributed by atoms with Gasteiger partial charge in [0.05, 0.1) is 6.04 Å². The maximum Gasteiger partial charge on any atom is 0.254 e. The van der Waals surface area contributed by atoms with Crippen LogP contribution in [-0.4, -0.2) is 54.5 Å². The first kappa shape index (κ1) is 15.0. The maximum absolute atomic E-state index is 12.8. The minimum atomic E-state index is -0.608. The quantitative estimate of drug-likeness (QED) is 0.832. The van der Waals surface area contributed by atoms with E-state index in [0.29, 0.717) is 0 Å². The molecule has 0 radical (unpaired) electrons. The van der Waals surface area contributed by atoms with E-state index in [1.54, 1.807) is 11.9 Å². The molecule has 5 nitrogen and oxygen atoms in total. The molecule has 1 aromatic rings. The standard InChI is InChI=1S/C17H22N2O3/c1-12-5-7-13(8-6-12)15-16(22-11-14(20)18(15)2)17(21)19-9-3-4-10-19/h5-8,15-16H,3-4,9-11H2,1-2H3/t15-,16-/m0/s1. The summed E-state index contributed by atoms with van der Waals surface area (Å²) in [5, 5.41) is 0. The zero-order chi connectivity index (χ0) is 15.7. The first-order valence-corrected chi connectivity index (χ1v) is 7.80. The Balaban J connectivity index is 1.90. The highest BCUT2D eigenvalue weighted by molar-refractivity contribution is 5.86. The van der Waals surface area contributed by atoms with Crippen molar-refractivity contribution in [1.82, 2.24) is 9.80 Å². The van der Waals surface area contributed by atoms with E-state index in [-0.39, 0.29) is 24.5 Å². The van der Waals surface area contributed by atoms with Crippen molar-refractivity contribution in [2.75, 3.05) is 26.7 Å². The molecule has 3 rings (SSSR count). The van der Waals surface area contributed by atoms with Crippen LogP contribution in [0.15, 0.2) is 24.3 Å². The second-order valence-corrected chi connectivity index (χ2v) is 6.12. The largest absolute Gasteiger partial charge is 0.356 e. The highest BCUT2D eigenvalue weighted by Crippen LogP contribution is 2.31. The van der Waals surface area contributed by atoms with Gasteiger partial charge in [-0.3, -0.25) is 9.59 Å². The number of ether oxygens (including phenoxy) is 1. The van der Waals surface area contributed by atoms with Crippen molar-refractivity contribution in [2.24, 2.45) is 0 Å². The zero-order valence-electron chi connectivity index (χ0n) is 13.1. The number of aryl methyl sites for hydroxylation is 1. The number of hydrogen-bond donors (Lipinski definition) is 0. The fourth-order valence-corrected chi connectivity index (χ4v) is 3.20. The fraction of sp³-hybridized carbons (Fsp3) is 0.529. The third-order valence-corrected chi connectivity index (χ3v) is 4.56. The summed E-state index contributed by atoms with van der Waals surface area (Å²) in [6, 6.07) is 7.60. The third kappa shape index (κ3) is 2.73. The molecule has 0 aliphatic carbocycles. The molecule has 0 saturated carbocycles. The van der Waals surface area contributed by atoms with Crippen molar-refractivity contribution in [3.63, 3.8) is 0 Å². The van der Waals surface area contributed by atoms with Crippen LogP contribution in [0.5, 0.6) is 0 Å². The highest BCUT2D eigenvalue weighted by atomic mass is 16.5. The molecule has 2 amide bonds. The second-order valence-electron chi connectivity index (χ2n) is 6.12. The molecule has 0 spiro atoms. The molecule has 1 aromatic carbocycles. The number of nitrogens with zero attached hydrogens (tertiary/aromatic N) is 2. The molecular formula is C17H22N2O3. The van der Waals surface area contributed by atoms with Crippen molar-refractivity contribution >= 4 is 11.8 Å². The van der Waals surface area contributed by atoms with E-state index in [2.05, 4.69) is 0 Å². The van der Waals surface area contributed by atoms with Gasteiger partial charge in [0.2, 0.25) is 5.91 Å². The smallest absolute Gasteiger partial charge is 0.254 e. The third-order valence-electron chi connectivity index (χ3n) is 4.56. The van der Waals surface area contributed by atoms with Crippen LogP contribution in [0.3, 0.4) is 0 Å². The summed E-state index contributed by atoms with van der Waals surface area (Å²) in [4.78, 5) is 28.3. The molecule has 0 N–H and O–H groups in total. The van der Waals surface area contributed by atoms with E-state index in [9.17, 15) is 9.59 Å². The Morgan fingerprint density at radius 2 is 1.82 bits per heavy atom. The number of hydrogen-bond acceptors (Lipinski definition) is 3. The van der Waals surface area contributed by atoms with Crippen LogP contribution in [0, 0.1) is 6.92 Å². The molecule has 2 fully saturated rings. The Labute approximate surface area is 130 Å². The lowest BCUT2D eigenvalue weighted by molar-refractivity contribution is -0.166. The SMILES string of the molecule is Cc1ccc([C@H]2[C@@H](C(=O)N3CCCC3)OCC(=O)N2C)cc1. The van der Waals surface area contributed by atoms with E-state index in [4.69, 9.17) is 4.74 Å². The van der Waals surface area contributed by atoms with Gasteiger partial charge in [-0.25, -0.2) is 0 Å². The van der Waals surface area contributed by atoms with Crippen LogP contribution >= 0.6 is 0 Å². The first-order chi connectivity index (χ1) is 10.6. The lowest BCUT2D eigenvalue weighted by Crippen LogP contribution is -2.53. The molecule has 0 bridgehead atoms. The van der Waals surface area contributed by atoms with Crippen molar-refractivity contribution in [3.05, 3.63) is 35.4 Å². The lowest BCUT2D eigenvalue weighted by atomic mass is 9.96. The molecule has 2 aliphatic rings. The summed E-state index contributed by atoms with van der Waals surface area (Å²) in [6.07, 6.45) is 1.48. The Hall–Kier alpha value is -1.88. The van der Waals surface area contributed by atoms with E-state index < -0.39 is 6.10 Å². The number of carbonyl (C=O) groups is 2. The number of carbonyl (C=O) groups excluding carboxylic acids is 2. The van der Waals surface area contributed by atoms with Crippen LogP contribution in [0.2, 0.25) is 0 Å².